The maximum atomic E-state index is 6.67. The second-order valence-corrected chi connectivity index (χ2v) is 29.0. The third kappa shape index (κ3) is 11.8. The first-order valence-electron chi connectivity index (χ1n) is 9.09. The average Bonchev–Trinajstić information content (AvgIpc) is 2.29. The highest BCUT2D eigenvalue weighted by Gasteiger charge is 2.47. The van der Waals surface area contributed by atoms with Crippen LogP contribution in [0.3, 0.4) is 0 Å². The van der Waals surface area contributed by atoms with Crippen molar-refractivity contribution < 1.29 is 16.5 Å². The molecule has 150 valence electrons. The highest BCUT2D eigenvalue weighted by molar-refractivity contribution is 6.92. The molecule has 25 heavy (non-hydrogen) atoms. The van der Waals surface area contributed by atoms with Crippen LogP contribution in [-0.2, 0) is 16.5 Å². The van der Waals surface area contributed by atoms with E-state index >= 15 is 0 Å². The van der Waals surface area contributed by atoms with Crippen LogP contribution in [0.5, 0.6) is 0 Å². The summed E-state index contributed by atoms with van der Waals surface area (Å²) in [6.45, 7) is 26.2. The molecule has 0 saturated heterocycles. The molecule has 0 saturated carbocycles. The van der Waals surface area contributed by atoms with Crippen LogP contribution in [0.2, 0.25) is 71.5 Å². The Bertz CT molecular complexity index is 439. The van der Waals surface area contributed by atoms with E-state index < -0.39 is 42.3 Å². The molecule has 2 unspecified atom stereocenters. The summed E-state index contributed by atoms with van der Waals surface area (Å²) >= 11 is 0. The van der Waals surface area contributed by atoms with Gasteiger partial charge in [0.05, 0.1) is 0 Å². The maximum Gasteiger partial charge on any atom is 0.343 e. The lowest BCUT2D eigenvalue weighted by atomic mass is 10.5. The van der Waals surface area contributed by atoms with Gasteiger partial charge in [-0.1, -0.05) is 5.70 Å². The van der Waals surface area contributed by atoms with Crippen molar-refractivity contribution >= 4 is 42.3 Å². The van der Waals surface area contributed by atoms with Crippen molar-refractivity contribution in [3.63, 3.8) is 0 Å². The molecule has 0 rings (SSSR count). The van der Waals surface area contributed by atoms with Crippen molar-refractivity contribution in [2.24, 2.45) is 5.73 Å². The van der Waals surface area contributed by atoms with Gasteiger partial charge in [0.25, 0.3) is 0 Å². The molecule has 0 aliphatic carbocycles. The Kier molecular flexibility index (Phi) is 9.44. The summed E-state index contributed by atoms with van der Waals surface area (Å²) in [5.74, 6) is 0. The van der Waals surface area contributed by atoms with E-state index in [9.17, 15) is 0 Å². The first-order valence-corrected chi connectivity index (χ1v) is 23.6. The van der Waals surface area contributed by atoms with E-state index in [1.54, 1.807) is 0 Å². The number of nitrogens with two attached hydrogens (primary N) is 1. The van der Waals surface area contributed by atoms with E-state index in [4.69, 9.17) is 22.2 Å². The fourth-order valence-corrected chi connectivity index (χ4v) is 25.3. The van der Waals surface area contributed by atoms with Crippen LogP contribution < -0.4 is 5.73 Å². The van der Waals surface area contributed by atoms with Crippen LogP contribution in [0.1, 0.15) is 6.42 Å². The Morgan fingerprint density at radius 2 is 1.24 bits per heavy atom. The van der Waals surface area contributed by atoms with Crippen molar-refractivity contribution in [2.75, 3.05) is 6.54 Å². The summed E-state index contributed by atoms with van der Waals surface area (Å²) in [5.41, 5.74) is 7.61. The van der Waals surface area contributed by atoms with E-state index in [-0.39, 0.29) is 0 Å². The van der Waals surface area contributed by atoms with Crippen molar-refractivity contribution in [1.82, 2.24) is 0 Å². The van der Waals surface area contributed by atoms with Crippen LogP contribution >= 0.6 is 0 Å². The standard InChI is InChI=1S/C15H41NO4Si5/c1-12-24(10,19-23(8,9)17-21(2,3)4)20-25(11,15-13-14-16)18-22(5,6)7/h12H,1,13-16H2,2-11H3. The summed E-state index contributed by atoms with van der Waals surface area (Å²) in [4.78, 5) is 0. The normalized spacial score (nSPS) is 18.5. The Balaban J connectivity index is 5.40. The minimum atomic E-state index is -2.60. The fraction of sp³-hybridized carbons (Fsp3) is 0.867. The van der Waals surface area contributed by atoms with Gasteiger partial charge in [-0.25, -0.2) is 0 Å². The Morgan fingerprint density at radius 1 is 0.760 bits per heavy atom. The van der Waals surface area contributed by atoms with Gasteiger partial charge in [-0.15, -0.1) is 6.58 Å². The molecular formula is C15H41NO4Si5. The third-order valence-electron chi connectivity index (χ3n) is 3.15. The number of hydrogen-bond acceptors (Lipinski definition) is 5. The van der Waals surface area contributed by atoms with E-state index in [1.807, 2.05) is 5.70 Å². The zero-order chi connectivity index (χ0) is 20.2. The van der Waals surface area contributed by atoms with Gasteiger partial charge in [0.15, 0.2) is 16.6 Å². The molecule has 0 aliphatic rings. The monoisotopic (exact) mass is 439 g/mol. The van der Waals surface area contributed by atoms with Crippen LogP contribution in [0.25, 0.3) is 0 Å². The molecule has 10 heteroatoms. The summed E-state index contributed by atoms with van der Waals surface area (Å²) < 4.78 is 26.1. The first-order chi connectivity index (χ1) is 10.9. The second kappa shape index (κ2) is 9.21. The third-order valence-corrected chi connectivity index (χ3v) is 20.7. The predicted octanol–water partition coefficient (Wildman–Crippen LogP) is 4.64. The second-order valence-electron chi connectivity index (χ2n) is 9.28. The Labute approximate surface area is 161 Å². The quantitative estimate of drug-likeness (QED) is 0.449. The maximum absolute atomic E-state index is 6.67. The summed E-state index contributed by atoms with van der Waals surface area (Å²) in [5, 5.41) is 0. The summed E-state index contributed by atoms with van der Waals surface area (Å²) in [6.07, 6.45) is 0.904. The van der Waals surface area contributed by atoms with E-state index in [1.165, 1.54) is 0 Å². The van der Waals surface area contributed by atoms with Gasteiger partial charge in [-0.05, 0) is 84.5 Å². The van der Waals surface area contributed by atoms with Gasteiger partial charge in [-0.2, -0.15) is 0 Å². The molecule has 0 bridgehead atoms. The average molecular weight is 440 g/mol. The molecule has 0 heterocycles. The highest BCUT2D eigenvalue weighted by atomic mass is 28.5. The molecule has 2 atom stereocenters. The number of hydrogen-bond donors (Lipinski definition) is 1. The molecule has 0 aromatic rings. The minimum absolute atomic E-state index is 0.646. The summed E-state index contributed by atoms with van der Waals surface area (Å²) in [6, 6.07) is 0.879. The van der Waals surface area contributed by atoms with Gasteiger partial charge in [0.1, 0.15) is 0 Å². The van der Waals surface area contributed by atoms with Crippen molar-refractivity contribution in [3.05, 3.63) is 12.3 Å². The molecule has 2 N–H and O–H groups in total. The van der Waals surface area contributed by atoms with Crippen molar-refractivity contribution in [1.29, 1.82) is 0 Å². The Morgan fingerprint density at radius 3 is 1.60 bits per heavy atom. The van der Waals surface area contributed by atoms with Gasteiger partial charge >= 0.3 is 25.7 Å². The van der Waals surface area contributed by atoms with Crippen molar-refractivity contribution in [3.8, 4) is 0 Å². The van der Waals surface area contributed by atoms with E-state index in [0.717, 1.165) is 12.5 Å². The van der Waals surface area contributed by atoms with Gasteiger partial charge in [0, 0.05) is 0 Å². The van der Waals surface area contributed by atoms with Gasteiger partial charge in [-0.3, -0.25) is 0 Å². The topological polar surface area (TPSA) is 62.9 Å². The molecule has 0 spiro atoms. The predicted molar refractivity (Wildman–Crippen MR) is 120 cm³/mol. The minimum Gasteiger partial charge on any atom is -0.437 e. The SMILES string of the molecule is C=C[Si](C)(O[Si](C)(C)O[Si](C)(C)C)O[Si](C)(CCCN)O[Si](C)(C)C. The molecule has 0 aromatic heterocycles. The Hall–Kier alpha value is 0.624. The fourth-order valence-electron chi connectivity index (χ4n) is 2.97. The van der Waals surface area contributed by atoms with E-state index in [2.05, 4.69) is 72.0 Å². The van der Waals surface area contributed by atoms with E-state index in [0.29, 0.717) is 6.54 Å². The van der Waals surface area contributed by atoms with Crippen LogP contribution in [0.4, 0.5) is 0 Å². The molecular weight excluding hydrogens is 399 g/mol. The van der Waals surface area contributed by atoms with Gasteiger partial charge in [0.2, 0.25) is 0 Å². The van der Waals surface area contributed by atoms with Gasteiger partial charge < -0.3 is 22.2 Å². The smallest absolute Gasteiger partial charge is 0.343 e. The molecule has 0 aromatic carbocycles. The van der Waals surface area contributed by atoms with Crippen LogP contribution in [0, 0.1) is 0 Å². The van der Waals surface area contributed by atoms with Crippen LogP contribution in [0.15, 0.2) is 12.3 Å². The molecule has 0 amide bonds. The molecule has 5 nitrogen and oxygen atoms in total. The lowest BCUT2D eigenvalue weighted by Crippen LogP contribution is -2.59. The van der Waals surface area contributed by atoms with Crippen LogP contribution in [-0.4, -0.2) is 48.9 Å². The number of rotatable bonds is 12. The zero-order valence-electron chi connectivity index (χ0n) is 18.1. The molecule has 0 radical (unpaired) electrons. The molecule has 0 aliphatic heterocycles. The largest absolute Gasteiger partial charge is 0.437 e. The summed E-state index contributed by atoms with van der Waals surface area (Å²) in [7, 11) is -10.7. The first kappa shape index (κ1) is 25.6. The molecule has 0 fully saturated rings. The van der Waals surface area contributed by atoms with Crippen molar-refractivity contribution in [2.45, 2.75) is 77.9 Å². The lowest BCUT2D eigenvalue weighted by molar-refractivity contribution is 0.299. The lowest BCUT2D eigenvalue weighted by Gasteiger charge is -2.43. The highest BCUT2D eigenvalue weighted by Crippen LogP contribution is 2.29. The zero-order valence-corrected chi connectivity index (χ0v) is 23.1.